The van der Waals surface area contributed by atoms with Crippen LogP contribution < -0.4 is 14.2 Å². The molecule has 0 saturated carbocycles. The summed E-state index contributed by atoms with van der Waals surface area (Å²) >= 11 is 5.92. The minimum atomic E-state index is -0.614. The normalized spacial score (nSPS) is 9.91. The highest BCUT2D eigenvalue weighted by molar-refractivity contribution is 6.32. The summed E-state index contributed by atoms with van der Waals surface area (Å²) in [4.78, 5) is 22.5. The molecule has 0 unspecified atom stereocenters. The van der Waals surface area contributed by atoms with Gasteiger partial charge in [-0.3, -0.25) is 4.79 Å². The zero-order valence-electron chi connectivity index (χ0n) is 11.7. The average molecular weight is 321 g/mol. The van der Waals surface area contributed by atoms with Gasteiger partial charge in [0.2, 0.25) is 0 Å². The molecule has 0 N–H and O–H groups in total. The van der Waals surface area contributed by atoms with Gasteiger partial charge in [-0.1, -0.05) is 23.7 Å². The Kier molecular flexibility index (Phi) is 5.38. The lowest BCUT2D eigenvalue weighted by atomic mass is 10.2. The van der Waals surface area contributed by atoms with Crippen LogP contribution in [0.3, 0.4) is 0 Å². The molecule has 0 aromatic heterocycles. The first-order valence-electron chi connectivity index (χ1n) is 6.35. The molecule has 114 valence electrons. The van der Waals surface area contributed by atoms with Gasteiger partial charge in [0.15, 0.2) is 18.1 Å². The standard InChI is InChI=1S/C16H13ClO5/c1-20-15-8-11(9-18)6-7-14(15)22-16(19)10-21-13-5-3-2-4-12(13)17/h2-9H,10H2,1H3. The molecule has 0 aliphatic heterocycles. The van der Waals surface area contributed by atoms with Crippen LogP contribution in [0.5, 0.6) is 17.2 Å². The van der Waals surface area contributed by atoms with Crippen molar-refractivity contribution in [3.63, 3.8) is 0 Å². The lowest BCUT2D eigenvalue weighted by Crippen LogP contribution is -2.18. The van der Waals surface area contributed by atoms with Gasteiger partial charge in [0.05, 0.1) is 12.1 Å². The maximum absolute atomic E-state index is 11.8. The summed E-state index contributed by atoms with van der Waals surface area (Å²) in [6, 6.07) is 11.3. The highest BCUT2D eigenvalue weighted by atomic mass is 35.5. The predicted octanol–water partition coefficient (Wildman–Crippen LogP) is 3.15. The van der Waals surface area contributed by atoms with Crippen molar-refractivity contribution in [2.24, 2.45) is 0 Å². The molecule has 0 amide bonds. The summed E-state index contributed by atoms with van der Waals surface area (Å²) in [6.07, 6.45) is 0.675. The fourth-order valence-corrected chi connectivity index (χ4v) is 1.88. The van der Waals surface area contributed by atoms with Gasteiger partial charge >= 0.3 is 5.97 Å². The highest BCUT2D eigenvalue weighted by Gasteiger charge is 2.12. The van der Waals surface area contributed by atoms with Crippen LogP contribution in [0.25, 0.3) is 0 Å². The smallest absolute Gasteiger partial charge is 0.349 e. The van der Waals surface area contributed by atoms with Gasteiger partial charge in [-0.25, -0.2) is 4.79 Å². The van der Waals surface area contributed by atoms with E-state index in [4.69, 9.17) is 25.8 Å². The van der Waals surface area contributed by atoms with E-state index in [-0.39, 0.29) is 18.1 Å². The van der Waals surface area contributed by atoms with Gasteiger partial charge < -0.3 is 14.2 Å². The Hall–Kier alpha value is -2.53. The summed E-state index contributed by atoms with van der Waals surface area (Å²) in [5.41, 5.74) is 0.420. The van der Waals surface area contributed by atoms with Crippen molar-refractivity contribution < 1.29 is 23.8 Å². The number of ether oxygens (including phenoxy) is 3. The molecule has 0 radical (unpaired) electrons. The van der Waals surface area contributed by atoms with Crippen LogP contribution in [-0.2, 0) is 4.79 Å². The van der Waals surface area contributed by atoms with Crippen LogP contribution in [0, 0.1) is 0 Å². The van der Waals surface area contributed by atoms with E-state index < -0.39 is 5.97 Å². The van der Waals surface area contributed by atoms with E-state index in [0.717, 1.165) is 0 Å². The number of carbonyl (C=O) groups excluding carboxylic acids is 2. The van der Waals surface area contributed by atoms with E-state index >= 15 is 0 Å². The predicted molar refractivity (Wildman–Crippen MR) is 81.0 cm³/mol. The highest BCUT2D eigenvalue weighted by Crippen LogP contribution is 2.28. The largest absolute Gasteiger partial charge is 0.493 e. The van der Waals surface area contributed by atoms with Gasteiger partial charge in [0, 0.05) is 5.56 Å². The molecule has 2 aromatic rings. The molecule has 0 aliphatic rings. The fourth-order valence-electron chi connectivity index (χ4n) is 1.69. The molecule has 0 aliphatic carbocycles. The third-order valence-corrected chi connectivity index (χ3v) is 3.04. The summed E-state index contributed by atoms with van der Waals surface area (Å²) in [5.74, 6) is 0.276. The molecule has 2 rings (SSSR count). The Bertz CT molecular complexity index is 684. The van der Waals surface area contributed by atoms with Crippen molar-refractivity contribution in [1.82, 2.24) is 0 Å². The topological polar surface area (TPSA) is 61.8 Å². The maximum Gasteiger partial charge on any atom is 0.349 e. The second kappa shape index (κ2) is 7.47. The minimum Gasteiger partial charge on any atom is -0.493 e. The monoisotopic (exact) mass is 320 g/mol. The maximum atomic E-state index is 11.8. The van der Waals surface area contributed by atoms with Crippen molar-refractivity contribution in [2.75, 3.05) is 13.7 Å². The molecule has 0 fully saturated rings. The van der Waals surface area contributed by atoms with Crippen LogP contribution >= 0.6 is 11.6 Å². The Morgan fingerprint density at radius 2 is 1.91 bits per heavy atom. The van der Waals surface area contributed by atoms with Crippen molar-refractivity contribution >= 4 is 23.9 Å². The van der Waals surface area contributed by atoms with Crippen molar-refractivity contribution in [3.8, 4) is 17.2 Å². The summed E-state index contributed by atoms with van der Waals surface area (Å²) in [7, 11) is 1.42. The molecular formula is C16H13ClO5. The van der Waals surface area contributed by atoms with E-state index in [1.165, 1.54) is 25.3 Å². The van der Waals surface area contributed by atoms with Gasteiger partial charge in [-0.15, -0.1) is 0 Å². The van der Waals surface area contributed by atoms with Gasteiger partial charge in [-0.2, -0.15) is 0 Å². The number of hydrogen-bond acceptors (Lipinski definition) is 5. The Morgan fingerprint density at radius 3 is 2.59 bits per heavy atom. The third-order valence-electron chi connectivity index (χ3n) is 2.73. The number of rotatable bonds is 6. The summed E-state index contributed by atoms with van der Waals surface area (Å²) < 4.78 is 15.5. The van der Waals surface area contributed by atoms with E-state index in [0.29, 0.717) is 22.6 Å². The SMILES string of the molecule is COc1cc(C=O)ccc1OC(=O)COc1ccccc1Cl. The first-order valence-corrected chi connectivity index (χ1v) is 6.73. The van der Waals surface area contributed by atoms with E-state index in [1.807, 2.05) is 0 Å². The first-order chi connectivity index (χ1) is 10.6. The zero-order chi connectivity index (χ0) is 15.9. The number of para-hydroxylation sites is 1. The zero-order valence-corrected chi connectivity index (χ0v) is 12.5. The van der Waals surface area contributed by atoms with Crippen molar-refractivity contribution in [2.45, 2.75) is 0 Å². The summed E-state index contributed by atoms with van der Waals surface area (Å²) in [5, 5.41) is 0.406. The van der Waals surface area contributed by atoms with Crippen LogP contribution in [0.2, 0.25) is 5.02 Å². The van der Waals surface area contributed by atoms with E-state index in [1.54, 1.807) is 24.3 Å². The van der Waals surface area contributed by atoms with Crippen LogP contribution in [0.1, 0.15) is 10.4 Å². The number of methoxy groups -OCH3 is 1. The fraction of sp³-hybridized carbons (Fsp3) is 0.125. The molecule has 0 heterocycles. The number of benzene rings is 2. The lowest BCUT2D eigenvalue weighted by molar-refractivity contribution is -0.136. The van der Waals surface area contributed by atoms with Gasteiger partial charge in [0.1, 0.15) is 12.0 Å². The number of carbonyl (C=O) groups is 2. The second-order valence-corrected chi connectivity index (χ2v) is 4.63. The molecule has 0 atom stereocenters. The van der Waals surface area contributed by atoms with Crippen molar-refractivity contribution in [1.29, 1.82) is 0 Å². The first kappa shape index (κ1) is 15.9. The van der Waals surface area contributed by atoms with E-state index in [9.17, 15) is 9.59 Å². The quantitative estimate of drug-likeness (QED) is 0.465. The molecule has 6 heteroatoms. The van der Waals surface area contributed by atoms with Gasteiger partial charge in [-0.05, 0) is 30.3 Å². The van der Waals surface area contributed by atoms with E-state index in [2.05, 4.69) is 0 Å². The lowest BCUT2D eigenvalue weighted by Gasteiger charge is -2.10. The molecular weight excluding hydrogens is 308 g/mol. The van der Waals surface area contributed by atoms with Crippen LogP contribution in [0.4, 0.5) is 0 Å². The van der Waals surface area contributed by atoms with Crippen LogP contribution in [0.15, 0.2) is 42.5 Å². The van der Waals surface area contributed by atoms with Crippen LogP contribution in [-0.4, -0.2) is 26.0 Å². The second-order valence-electron chi connectivity index (χ2n) is 4.22. The minimum absolute atomic E-state index is 0.209. The Balaban J connectivity index is 2.00. The molecule has 5 nitrogen and oxygen atoms in total. The Morgan fingerprint density at radius 1 is 1.14 bits per heavy atom. The molecule has 0 saturated heterocycles. The van der Waals surface area contributed by atoms with Gasteiger partial charge in [0.25, 0.3) is 0 Å². The third kappa shape index (κ3) is 3.99. The molecule has 2 aromatic carbocycles. The average Bonchev–Trinajstić information content (AvgIpc) is 2.54. The number of aldehydes is 1. The number of esters is 1. The van der Waals surface area contributed by atoms with Crippen molar-refractivity contribution in [3.05, 3.63) is 53.1 Å². The number of halogens is 1. The summed E-state index contributed by atoms with van der Waals surface area (Å²) in [6.45, 7) is -0.303. The number of hydrogen-bond donors (Lipinski definition) is 0. The molecule has 0 spiro atoms. The Labute approximate surface area is 132 Å². The molecule has 0 bridgehead atoms. The molecule has 22 heavy (non-hydrogen) atoms.